The van der Waals surface area contributed by atoms with Gasteiger partial charge in [-0.15, -0.1) is 0 Å². The van der Waals surface area contributed by atoms with Crippen LogP contribution in [0.25, 0.3) is 0 Å². The quantitative estimate of drug-likeness (QED) is 0.494. The average Bonchev–Trinajstić information content (AvgIpc) is 3.45. The zero-order chi connectivity index (χ0) is 21.5. The first-order valence-electron chi connectivity index (χ1n) is 10.2. The molecule has 164 valence electrons. The van der Waals surface area contributed by atoms with Crippen LogP contribution in [0.4, 0.5) is 11.8 Å². The molecule has 1 amide bonds. The number of anilines is 2. The summed E-state index contributed by atoms with van der Waals surface area (Å²) in [6.45, 7) is 3.97. The van der Waals surface area contributed by atoms with Crippen LogP contribution in [0.1, 0.15) is 29.4 Å². The predicted octanol–water partition coefficient (Wildman–Crippen LogP) is 1.02. The van der Waals surface area contributed by atoms with Gasteiger partial charge in [-0.3, -0.25) is 4.79 Å². The van der Waals surface area contributed by atoms with Crippen LogP contribution < -0.4 is 10.2 Å². The summed E-state index contributed by atoms with van der Waals surface area (Å²) in [5.74, 6) is 1.59. The van der Waals surface area contributed by atoms with Crippen LogP contribution >= 0.6 is 11.5 Å². The number of nitrogens with one attached hydrogen (secondary N) is 1. The molecular formula is C19H23N6O4S2+. The van der Waals surface area contributed by atoms with E-state index in [1.807, 2.05) is 9.80 Å². The Balaban J connectivity index is 1.28. The number of carbonyl (C=O) groups is 2. The fraction of sp³-hybridized carbons (Fsp3) is 0.526. The molecule has 10 nitrogen and oxygen atoms in total. The monoisotopic (exact) mass is 463 g/mol. The molecule has 5 rings (SSSR count). The highest BCUT2D eigenvalue weighted by Crippen LogP contribution is 2.34. The van der Waals surface area contributed by atoms with Crippen molar-refractivity contribution in [2.24, 2.45) is 0 Å². The number of carbonyl (C=O) groups excluding carboxylic acids is 2. The second kappa shape index (κ2) is 8.24. The summed E-state index contributed by atoms with van der Waals surface area (Å²) in [5, 5.41) is 5.12. The number of rotatable bonds is 5. The van der Waals surface area contributed by atoms with E-state index < -0.39 is 11.2 Å². The third-order valence-corrected chi connectivity index (χ3v) is 7.82. The van der Waals surface area contributed by atoms with Gasteiger partial charge in [0.2, 0.25) is 11.9 Å². The first kappa shape index (κ1) is 20.5. The minimum absolute atomic E-state index is 0.0687. The van der Waals surface area contributed by atoms with Gasteiger partial charge in [-0.1, -0.05) is 0 Å². The summed E-state index contributed by atoms with van der Waals surface area (Å²) in [7, 11) is 0. The van der Waals surface area contributed by atoms with E-state index in [2.05, 4.69) is 14.7 Å². The predicted molar refractivity (Wildman–Crippen MR) is 117 cm³/mol. The number of hydrogen-bond donors (Lipinski definition) is 2. The van der Waals surface area contributed by atoms with E-state index in [1.165, 1.54) is 17.7 Å². The maximum Gasteiger partial charge on any atom is 0.341 e. The fourth-order valence-corrected chi connectivity index (χ4v) is 5.84. The average molecular weight is 464 g/mol. The van der Waals surface area contributed by atoms with Crippen molar-refractivity contribution in [3.8, 4) is 0 Å². The molecule has 2 N–H and O–H groups in total. The van der Waals surface area contributed by atoms with Crippen molar-refractivity contribution in [1.82, 2.24) is 19.2 Å². The Labute approximate surface area is 186 Å². The largest absolute Gasteiger partial charge is 0.455 e. The normalized spacial score (nSPS) is 22.9. The molecule has 3 aliphatic heterocycles. The molecule has 0 radical (unpaired) electrons. The Morgan fingerprint density at radius 1 is 1.32 bits per heavy atom. The van der Waals surface area contributed by atoms with Gasteiger partial charge >= 0.3 is 5.97 Å². The SMILES string of the molecule is CC(=O)N1CC[C@H](Nc2nc(N3CC(OC(=O)c4cnsc4)C3)nc3c2[S+](O)CC3)C1. The molecule has 0 spiro atoms. The van der Waals surface area contributed by atoms with Crippen LogP contribution in [0.5, 0.6) is 0 Å². The van der Waals surface area contributed by atoms with Gasteiger partial charge < -0.3 is 19.9 Å². The summed E-state index contributed by atoms with van der Waals surface area (Å²) < 4.78 is 19.9. The fourth-order valence-electron chi connectivity index (χ4n) is 3.99. The lowest BCUT2D eigenvalue weighted by atomic mass is 10.2. The van der Waals surface area contributed by atoms with Crippen LogP contribution in [-0.2, 0) is 27.1 Å². The van der Waals surface area contributed by atoms with Gasteiger partial charge in [0.1, 0.15) is 11.8 Å². The lowest BCUT2D eigenvalue weighted by Gasteiger charge is -2.38. The molecule has 0 bridgehead atoms. The molecular weight excluding hydrogens is 440 g/mol. The maximum absolute atomic E-state index is 12.1. The Morgan fingerprint density at radius 3 is 2.87 bits per heavy atom. The van der Waals surface area contributed by atoms with Crippen molar-refractivity contribution in [1.29, 1.82) is 0 Å². The van der Waals surface area contributed by atoms with E-state index in [4.69, 9.17) is 9.72 Å². The molecule has 2 aromatic heterocycles. The topological polar surface area (TPSA) is 121 Å². The Hall–Kier alpha value is -2.44. The number of nitrogens with zero attached hydrogens (tertiary/aromatic N) is 5. The molecule has 0 aliphatic carbocycles. The van der Waals surface area contributed by atoms with Crippen molar-refractivity contribution in [2.45, 2.75) is 36.8 Å². The number of hydrogen-bond acceptors (Lipinski definition) is 10. The van der Waals surface area contributed by atoms with Crippen molar-refractivity contribution in [2.75, 3.05) is 42.1 Å². The maximum atomic E-state index is 12.1. The van der Waals surface area contributed by atoms with Crippen LogP contribution in [0.2, 0.25) is 0 Å². The van der Waals surface area contributed by atoms with E-state index in [1.54, 1.807) is 12.3 Å². The van der Waals surface area contributed by atoms with E-state index in [-0.39, 0.29) is 24.0 Å². The Morgan fingerprint density at radius 2 is 2.16 bits per heavy atom. The zero-order valence-electron chi connectivity index (χ0n) is 17.0. The third kappa shape index (κ3) is 4.06. The van der Waals surface area contributed by atoms with Gasteiger partial charge in [0.05, 0.1) is 24.8 Å². The molecule has 12 heteroatoms. The van der Waals surface area contributed by atoms with E-state index in [0.29, 0.717) is 49.1 Å². The highest BCUT2D eigenvalue weighted by atomic mass is 32.2. The lowest BCUT2D eigenvalue weighted by Crippen LogP contribution is -2.53. The van der Waals surface area contributed by atoms with Gasteiger partial charge in [-0.2, -0.15) is 9.54 Å². The number of aryl methyl sites for hydroxylation is 1. The first-order chi connectivity index (χ1) is 15.0. The van der Waals surface area contributed by atoms with Crippen LogP contribution in [-0.4, -0.2) is 79.7 Å². The van der Waals surface area contributed by atoms with Crippen molar-refractivity contribution < 1.29 is 18.9 Å². The van der Waals surface area contributed by atoms with Crippen LogP contribution in [0.15, 0.2) is 16.5 Å². The van der Waals surface area contributed by atoms with Gasteiger partial charge in [-0.25, -0.2) is 14.2 Å². The number of likely N-dealkylation sites (tertiary alicyclic amines) is 1. The molecule has 2 fully saturated rings. The standard InChI is InChI=1S/C19H23N6O4S2/c1-11(26)24-4-2-13(7-24)21-17-16-15(3-5-31(16)28)22-19(23-17)25-8-14(9-25)29-18(27)12-6-20-30-10-12/h6,10,13-14,28H,2-5,7-9H2,1H3,(H,21,22,23)/q+1/t13-,31?/m0/s1. The number of aromatic nitrogens is 3. The molecule has 0 aromatic carbocycles. The highest BCUT2D eigenvalue weighted by molar-refractivity contribution is 7.92. The molecule has 2 aromatic rings. The summed E-state index contributed by atoms with van der Waals surface area (Å²) in [6.07, 6.45) is 2.84. The minimum Gasteiger partial charge on any atom is -0.455 e. The number of amides is 1. The second-order valence-corrected chi connectivity index (χ2v) is 10.1. The van der Waals surface area contributed by atoms with Crippen LogP contribution in [0, 0.1) is 0 Å². The molecule has 2 saturated heterocycles. The summed E-state index contributed by atoms with van der Waals surface area (Å²) in [5.41, 5.74) is 1.33. The number of ether oxygens (including phenoxy) is 1. The molecule has 3 aliphatic rings. The van der Waals surface area contributed by atoms with Gasteiger partial charge in [-0.05, 0) is 18.0 Å². The minimum atomic E-state index is -0.875. The molecule has 1 unspecified atom stereocenters. The summed E-state index contributed by atoms with van der Waals surface area (Å²) in [6, 6.07) is 0.0951. The van der Waals surface area contributed by atoms with E-state index in [0.717, 1.165) is 23.6 Å². The van der Waals surface area contributed by atoms with Gasteiger partial charge in [0, 0.05) is 37.9 Å². The van der Waals surface area contributed by atoms with Crippen molar-refractivity contribution in [3.05, 3.63) is 22.8 Å². The van der Waals surface area contributed by atoms with Crippen molar-refractivity contribution >= 4 is 46.4 Å². The Kier molecular flexibility index (Phi) is 5.44. The number of fused-ring (bicyclic) bond motifs is 1. The third-order valence-electron chi connectivity index (χ3n) is 5.74. The second-order valence-electron chi connectivity index (χ2n) is 7.91. The number of esters is 1. The molecule has 2 atom stereocenters. The molecule has 31 heavy (non-hydrogen) atoms. The zero-order valence-corrected chi connectivity index (χ0v) is 18.6. The van der Waals surface area contributed by atoms with Gasteiger partial charge in [0.15, 0.2) is 22.7 Å². The van der Waals surface area contributed by atoms with E-state index in [9.17, 15) is 14.1 Å². The van der Waals surface area contributed by atoms with Gasteiger partial charge in [0.25, 0.3) is 4.90 Å². The van der Waals surface area contributed by atoms with Crippen molar-refractivity contribution in [3.63, 3.8) is 0 Å². The summed E-state index contributed by atoms with van der Waals surface area (Å²) >= 11 is 0.341. The van der Waals surface area contributed by atoms with Crippen LogP contribution in [0.3, 0.4) is 0 Å². The highest BCUT2D eigenvalue weighted by Gasteiger charge is 2.41. The molecule has 5 heterocycles. The Bertz CT molecular complexity index is 998. The molecule has 0 saturated carbocycles. The lowest BCUT2D eigenvalue weighted by molar-refractivity contribution is -0.127. The van der Waals surface area contributed by atoms with E-state index >= 15 is 0 Å². The summed E-state index contributed by atoms with van der Waals surface area (Å²) in [4.78, 5) is 37.7. The smallest absolute Gasteiger partial charge is 0.341 e. The first-order valence-corrected chi connectivity index (χ1v) is 12.3.